The van der Waals surface area contributed by atoms with Gasteiger partial charge in [0, 0.05) is 15.7 Å². The first kappa shape index (κ1) is 23.4. The minimum Gasteiger partial charge on any atom is -0.465 e. The topological polar surface area (TPSA) is 79.5 Å². The third-order valence-electron chi connectivity index (χ3n) is 3.59. The number of hydrazine groups is 1. The molecule has 0 fully saturated rings. The molecule has 3 N–H and O–H groups in total. The summed E-state index contributed by atoms with van der Waals surface area (Å²) in [6.07, 6.45) is 0.766. The number of anilines is 1. The zero-order valence-electron chi connectivity index (χ0n) is 15.6. The van der Waals surface area contributed by atoms with E-state index in [1.807, 2.05) is 6.92 Å². The first-order chi connectivity index (χ1) is 13.8. The van der Waals surface area contributed by atoms with Crippen LogP contribution in [0.4, 0.5) is 9.39 Å². The molecule has 1 aromatic heterocycles. The summed E-state index contributed by atoms with van der Waals surface area (Å²) in [5, 5.41) is 3.90. The van der Waals surface area contributed by atoms with Crippen LogP contribution < -0.4 is 16.2 Å². The zero-order chi connectivity index (χ0) is 21.4. The Balaban J connectivity index is 1.79. The third kappa shape index (κ3) is 7.14. The second-order valence-corrected chi connectivity index (χ2v) is 8.59. The average molecular weight is 476 g/mol. The van der Waals surface area contributed by atoms with Crippen LogP contribution in [-0.4, -0.2) is 29.9 Å². The average Bonchev–Trinajstić information content (AvgIpc) is 3.10. The fourth-order valence-corrected chi connectivity index (χ4v) is 4.51. The molecule has 0 unspecified atom stereocenters. The zero-order valence-corrected chi connectivity index (χ0v) is 18.8. The fourth-order valence-electron chi connectivity index (χ4n) is 2.16. The largest absolute Gasteiger partial charge is 0.465 e. The summed E-state index contributed by atoms with van der Waals surface area (Å²) < 4.78 is 17.8. The van der Waals surface area contributed by atoms with Gasteiger partial charge in [0.1, 0.15) is 10.8 Å². The number of carbonyl (C=O) groups excluding carboxylic acids is 2. The van der Waals surface area contributed by atoms with Crippen LogP contribution in [0.5, 0.6) is 0 Å². The molecule has 2 aromatic rings. The number of nitrogens with one attached hydrogen (secondary N) is 3. The van der Waals surface area contributed by atoms with Crippen molar-refractivity contribution in [1.29, 1.82) is 0 Å². The summed E-state index contributed by atoms with van der Waals surface area (Å²) in [7, 11) is 1.31. The van der Waals surface area contributed by atoms with Crippen LogP contribution in [0.2, 0.25) is 5.02 Å². The quantitative estimate of drug-likeness (QED) is 0.315. The number of aryl methyl sites for hydroxylation is 1. The van der Waals surface area contributed by atoms with Crippen molar-refractivity contribution in [2.45, 2.75) is 19.1 Å². The molecular formula is C18H19ClFN3O3S3. The third-order valence-corrected chi connectivity index (χ3v) is 6.32. The molecule has 6 nitrogen and oxygen atoms in total. The van der Waals surface area contributed by atoms with E-state index >= 15 is 0 Å². The van der Waals surface area contributed by atoms with Crippen molar-refractivity contribution in [3.05, 3.63) is 51.1 Å². The second kappa shape index (κ2) is 11.3. The maximum atomic E-state index is 13.0. The number of methoxy groups -OCH3 is 1. The molecule has 1 amide bonds. The summed E-state index contributed by atoms with van der Waals surface area (Å²) in [6.45, 7) is 1.98. The van der Waals surface area contributed by atoms with Crippen LogP contribution in [0.3, 0.4) is 0 Å². The van der Waals surface area contributed by atoms with Gasteiger partial charge in [-0.3, -0.25) is 15.6 Å². The first-order valence-electron chi connectivity index (χ1n) is 8.42. The summed E-state index contributed by atoms with van der Waals surface area (Å²) in [6, 6.07) is 5.90. The Kier molecular flexibility index (Phi) is 9.15. The Morgan fingerprint density at radius 1 is 1.31 bits per heavy atom. The molecule has 0 aliphatic carbocycles. The summed E-state index contributed by atoms with van der Waals surface area (Å²) >= 11 is 13.8. The first-order valence-corrected chi connectivity index (χ1v) is 11.2. The number of esters is 1. The minimum absolute atomic E-state index is 0.139. The number of hydrogen-bond acceptors (Lipinski definition) is 6. The number of ether oxygens (including phenoxy) is 1. The molecule has 0 aliphatic rings. The van der Waals surface area contributed by atoms with Crippen molar-refractivity contribution in [2.24, 2.45) is 0 Å². The molecule has 0 aliphatic heterocycles. The Hall–Kier alpha value is -1.88. The van der Waals surface area contributed by atoms with Crippen molar-refractivity contribution in [2.75, 3.05) is 18.2 Å². The van der Waals surface area contributed by atoms with Crippen LogP contribution in [-0.2, 0) is 21.7 Å². The molecule has 0 radical (unpaired) electrons. The van der Waals surface area contributed by atoms with E-state index in [2.05, 4.69) is 16.2 Å². The number of carbonyl (C=O) groups is 2. The molecule has 29 heavy (non-hydrogen) atoms. The van der Waals surface area contributed by atoms with Gasteiger partial charge >= 0.3 is 5.97 Å². The highest BCUT2D eigenvalue weighted by Crippen LogP contribution is 2.29. The number of thioether (sulfide) groups is 1. The molecular weight excluding hydrogens is 457 g/mol. The fraction of sp³-hybridized carbons (Fsp3) is 0.278. The molecule has 1 heterocycles. The van der Waals surface area contributed by atoms with Gasteiger partial charge in [-0.25, -0.2) is 9.18 Å². The van der Waals surface area contributed by atoms with Gasteiger partial charge in [0.25, 0.3) is 0 Å². The smallest absolute Gasteiger partial charge is 0.340 e. The van der Waals surface area contributed by atoms with Gasteiger partial charge < -0.3 is 10.1 Å². The number of thiocarbonyl (C=S) groups is 1. The number of thiophene rings is 1. The molecule has 11 heteroatoms. The minimum atomic E-state index is -0.467. The Morgan fingerprint density at radius 3 is 2.72 bits per heavy atom. The maximum absolute atomic E-state index is 13.0. The van der Waals surface area contributed by atoms with Gasteiger partial charge in [0.15, 0.2) is 5.11 Å². The van der Waals surface area contributed by atoms with Gasteiger partial charge in [-0.05, 0) is 42.4 Å². The van der Waals surface area contributed by atoms with E-state index in [0.29, 0.717) is 21.3 Å². The second-order valence-electron chi connectivity index (χ2n) is 5.66. The summed E-state index contributed by atoms with van der Waals surface area (Å²) in [4.78, 5) is 24.8. The van der Waals surface area contributed by atoms with Gasteiger partial charge in [0.05, 0.1) is 18.4 Å². The van der Waals surface area contributed by atoms with E-state index in [4.69, 9.17) is 28.6 Å². The van der Waals surface area contributed by atoms with Crippen LogP contribution in [0.15, 0.2) is 24.3 Å². The molecule has 0 spiro atoms. The Morgan fingerprint density at radius 2 is 2.07 bits per heavy atom. The Bertz CT molecular complexity index is 908. The lowest BCUT2D eigenvalue weighted by molar-refractivity contribution is -0.119. The molecule has 0 saturated heterocycles. The highest BCUT2D eigenvalue weighted by Gasteiger charge is 2.17. The van der Waals surface area contributed by atoms with E-state index in [1.54, 1.807) is 12.1 Å². The highest BCUT2D eigenvalue weighted by molar-refractivity contribution is 7.99. The molecule has 0 bridgehead atoms. The number of halogens is 2. The number of benzene rings is 1. The van der Waals surface area contributed by atoms with Gasteiger partial charge in [-0.1, -0.05) is 24.6 Å². The Labute approximate surface area is 186 Å². The van der Waals surface area contributed by atoms with Crippen molar-refractivity contribution in [3.8, 4) is 0 Å². The predicted molar refractivity (Wildman–Crippen MR) is 120 cm³/mol. The van der Waals surface area contributed by atoms with Gasteiger partial charge in [0.2, 0.25) is 5.91 Å². The highest BCUT2D eigenvalue weighted by atomic mass is 35.5. The maximum Gasteiger partial charge on any atom is 0.340 e. The lowest BCUT2D eigenvalue weighted by Crippen LogP contribution is -2.44. The predicted octanol–water partition coefficient (Wildman–Crippen LogP) is 4.14. The molecule has 0 saturated carbocycles. The molecule has 0 atom stereocenters. The number of hydrogen-bond donors (Lipinski definition) is 3. The lowest BCUT2D eigenvalue weighted by Gasteiger charge is -2.11. The van der Waals surface area contributed by atoms with Crippen molar-refractivity contribution in [1.82, 2.24) is 10.9 Å². The van der Waals surface area contributed by atoms with Crippen LogP contribution >= 0.6 is 46.9 Å². The monoisotopic (exact) mass is 475 g/mol. The SMILES string of the molecule is CCc1cc(C(=O)OC)c(NC(=S)NNC(=O)CSCc2ccc(F)cc2Cl)s1. The molecule has 2 rings (SSSR count). The van der Waals surface area contributed by atoms with E-state index < -0.39 is 11.8 Å². The molecule has 1 aromatic carbocycles. The van der Waals surface area contributed by atoms with Crippen LogP contribution in [0.25, 0.3) is 0 Å². The van der Waals surface area contributed by atoms with E-state index in [9.17, 15) is 14.0 Å². The van der Waals surface area contributed by atoms with Crippen LogP contribution in [0, 0.1) is 5.82 Å². The molecule has 156 valence electrons. The normalized spacial score (nSPS) is 10.3. The standard InChI is InChI=1S/C18H19ClFN3O3S3/c1-3-12-7-13(17(25)26-2)16(29-12)21-18(27)23-22-15(24)9-28-8-10-4-5-11(20)6-14(10)19/h4-7H,3,8-9H2,1-2H3,(H,22,24)(H2,21,23,27). The van der Waals surface area contributed by atoms with Gasteiger partial charge in [-0.2, -0.15) is 0 Å². The number of rotatable bonds is 7. The van der Waals surface area contributed by atoms with Crippen molar-refractivity contribution < 1.29 is 18.7 Å². The van der Waals surface area contributed by atoms with Crippen molar-refractivity contribution >= 4 is 68.9 Å². The number of amides is 1. The van der Waals surface area contributed by atoms with E-state index in [-0.39, 0.29) is 16.8 Å². The summed E-state index contributed by atoms with van der Waals surface area (Å²) in [5.41, 5.74) is 6.21. The van der Waals surface area contributed by atoms with Gasteiger partial charge in [-0.15, -0.1) is 23.1 Å². The van der Waals surface area contributed by atoms with E-state index in [0.717, 1.165) is 16.9 Å². The summed E-state index contributed by atoms with van der Waals surface area (Å²) in [5.74, 6) is -0.557. The van der Waals surface area contributed by atoms with E-state index in [1.165, 1.54) is 42.3 Å². The van der Waals surface area contributed by atoms with Crippen LogP contribution in [0.1, 0.15) is 27.7 Å². The lowest BCUT2D eigenvalue weighted by atomic mass is 10.2. The van der Waals surface area contributed by atoms with Crippen molar-refractivity contribution in [3.63, 3.8) is 0 Å².